The maximum Gasteiger partial charge on any atom is 0.157 e. The zero-order chi connectivity index (χ0) is 21.4. The van der Waals surface area contributed by atoms with Crippen LogP contribution >= 0.6 is 0 Å². The molecule has 3 heterocycles. The van der Waals surface area contributed by atoms with Crippen LogP contribution in [0.15, 0.2) is 36.6 Å². The van der Waals surface area contributed by atoms with Gasteiger partial charge in [0.15, 0.2) is 5.65 Å². The summed E-state index contributed by atoms with van der Waals surface area (Å²) < 4.78 is 17.4. The van der Waals surface area contributed by atoms with Crippen molar-refractivity contribution < 1.29 is 4.39 Å². The van der Waals surface area contributed by atoms with Gasteiger partial charge in [0.25, 0.3) is 0 Å². The van der Waals surface area contributed by atoms with Crippen molar-refractivity contribution in [2.45, 2.75) is 26.8 Å². The number of imidazole rings is 1. The second-order valence-corrected chi connectivity index (χ2v) is 7.22. The van der Waals surface area contributed by atoms with E-state index < -0.39 is 0 Å². The lowest BCUT2D eigenvalue weighted by molar-refractivity contribution is 0.569. The van der Waals surface area contributed by atoms with Crippen molar-refractivity contribution in [3.63, 3.8) is 0 Å². The molecular formula is C21H23FN8. The fourth-order valence-corrected chi connectivity index (χ4v) is 3.57. The molecular weight excluding hydrogens is 383 g/mol. The Morgan fingerprint density at radius 1 is 1.33 bits per heavy atom. The van der Waals surface area contributed by atoms with Gasteiger partial charge in [-0.05, 0) is 31.9 Å². The number of hydrogen-bond donors (Lipinski definition) is 4. The van der Waals surface area contributed by atoms with Crippen molar-refractivity contribution in [1.29, 1.82) is 5.41 Å². The smallest absolute Gasteiger partial charge is 0.157 e. The molecule has 0 fully saturated rings. The number of H-pyrrole nitrogens is 1. The third-order valence-corrected chi connectivity index (χ3v) is 5.19. The molecule has 0 aliphatic heterocycles. The van der Waals surface area contributed by atoms with E-state index in [4.69, 9.17) is 5.41 Å². The lowest BCUT2D eigenvalue weighted by Crippen LogP contribution is -2.16. The molecule has 0 aliphatic carbocycles. The van der Waals surface area contributed by atoms with E-state index in [1.54, 1.807) is 39.5 Å². The number of aromatic amines is 1. The molecule has 1 unspecified atom stereocenters. The van der Waals surface area contributed by atoms with Crippen molar-refractivity contribution >= 4 is 28.6 Å². The molecule has 1 aromatic carbocycles. The van der Waals surface area contributed by atoms with Crippen LogP contribution in [0.1, 0.15) is 31.0 Å². The van der Waals surface area contributed by atoms with Crippen LogP contribution in [0, 0.1) is 18.2 Å². The van der Waals surface area contributed by atoms with E-state index in [0.717, 1.165) is 16.8 Å². The lowest BCUT2D eigenvalue weighted by Gasteiger charge is -2.18. The van der Waals surface area contributed by atoms with Gasteiger partial charge in [0.2, 0.25) is 0 Å². The number of fused-ring (bicyclic) bond motifs is 2. The first-order valence-electron chi connectivity index (χ1n) is 9.55. The molecule has 0 saturated carbocycles. The maximum absolute atomic E-state index is 15.6. The van der Waals surface area contributed by atoms with Gasteiger partial charge in [-0.25, -0.2) is 9.37 Å². The topological polar surface area (TPSA) is 107 Å². The average molecular weight is 406 g/mol. The molecule has 0 bridgehead atoms. The first kappa shape index (κ1) is 19.6. The van der Waals surface area contributed by atoms with E-state index in [0.29, 0.717) is 33.5 Å². The number of hydrogen-bond acceptors (Lipinski definition) is 6. The van der Waals surface area contributed by atoms with Gasteiger partial charge in [-0.1, -0.05) is 0 Å². The first-order valence-corrected chi connectivity index (χ1v) is 9.55. The van der Waals surface area contributed by atoms with E-state index in [9.17, 15) is 0 Å². The Morgan fingerprint density at radius 2 is 2.13 bits per heavy atom. The molecule has 4 aromatic rings. The summed E-state index contributed by atoms with van der Waals surface area (Å²) in [6, 6.07) is -0.321. The molecule has 0 saturated heterocycles. The molecule has 154 valence electrons. The quantitative estimate of drug-likeness (QED) is 0.363. The Hall–Kier alpha value is -3.75. The molecule has 4 N–H and O–H groups in total. The van der Waals surface area contributed by atoms with Gasteiger partial charge in [-0.3, -0.25) is 10.1 Å². The van der Waals surface area contributed by atoms with Crippen LogP contribution in [0.4, 0.5) is 10.2 Å². The second kappa shape index (κ2) is 7.58. The van der Waals surface area contributed by atoms with Crippen molar-refractivity contribution in [2.75, 3.05) is 12.4 Å². The van der Waals surface area contributed by atoms with Crippen molar-refractivity contribution in [2.24, 2.45) is 0 Å². The standard InChI is InChI=1S/C21H23FN8/c1-11(5-23)6-25-13(3)19-20(22)12(2)18(14-7-27-29-21(14)19)15-9-30-10-16(24-4)28-17(30)8-26-15/h5-10,13,23-25H,1-4H3,(H,27,29)/b11-6-,23-5?. The van der Waals surface area contributed by atoms with Gasteiger partial charge in [-0.15, -0.1) is 0 Å². The Labute approximate surface area is 172 Å². The SMILES string of the molecule is CNc1cn2cc(-c3c(C)c(F)c(C(C)N/C=C(/C)C=N)c4[nH]ncc34)ncc2n1. The summed E-state index contributed by atoms with van der Waals surface area (Å²) in [5.41, 5.74) is 4.40. The van der Waals surface area contributed by atoms with Gasteiger partial charge < -0.3 is 20.4 Å². The van der Waals surface area contributed by atoms with E-state index in [2.05, 4.69) is 30.8 Å². The van der Waals surface area contributed by atoms with Crippen molar-refractivity contribution in [3.05, 3.63) is 53.5 Å². The number of aromatic nitrogens is 5. The number of nitrogens with one attached hydrogen (secondary N) is 4. The average Bonchev–Trinajstić information content (AvgIpc) is 3.38. The van der Waals surface area contributed by atoms with Crippen LogP contribution < -0.4 is 10.6 Å². The summed E-state index contributed by atoms with van der Waals surface area (Å²) >= 11 is 0. The monoisotopic (exact) mass is 406 g/mol. The predicted molar refractivity (Wildman–Crippen MR) is 116 cm³/mol. The fourth-order valence-electron chi connectivity index (χ4n) is 3.57. The molecule has 30 heavy (non-hydrogen) atoms. The number of halogens is 1. The van der Waals surface area contributed by atoms with E-state index in [1.165, 1.54) is 6.21 Å². The van der Waals surface area contributed by atoms with Gasteiger partial charge in [-0.2, -0.15) is 5.10 Å². The summed E-state index contributed by atoms with van der Waals surface area (Å²) in [6.07, 6.45) is 10.0. The van der Waals surface area contributed by atoms with Crippen molar-refractivity contribution in [3.8, 4) is 11.3 Å². The molecule has 8 nitrogen and oxygen atoms in total. The van der Waals surface area contributed by atoms with Gasteiger partial charge >= 0.3 is 0 Å². The fraction of sp³-hybridized carbons (Fsp3) is 0.238. The van der Waals surface area contributed by atoms with Crippen LogP contribution in [-0.4, -0.2) is 37.8 Å². The minimum atomic E-state index is -0.321. The Bertz CT molecular complexity index is 1280. The highest BCUT2D eigenvalue weighted by molar-refractivity contribution is 5.97. The number of rotatable bonds is 6. The van der Waals surface area contributed by atoms with E-state index in [1.807, 2.05) is 23.7 Å². The maximum atomic E-state index is 15.6. The van der Waals surface area contributed by atoms with E-state index in [-0.39, 0.29) is 11.9 Å². The lowest BCUT2D eigenvalue weighted by atomic mass is 9.94. The molecule has 0 radical (unpaired) electrons. The Morgan fingerprint density at radius 3 is 2.87 bits per heavy atom. The molecule has 0 aliphatic rings. The first-order chi connectivity index (χ1) is 14.4. The third-order valence-electron chi connectivity index (χ3n) is 5.19. The largest absolute Gasteiger partial charge is 0.384 e. The highest BCUT2D eigenvalue weighted by Crippen LogP contribution is 2.37. The van der Waals surface area contributed by atoms with Gasteiger partial charge in [0.05, 0.1) is 35.8 Å². The number of benzene rings is 1. The summed E-state index contributed by atoms with van der Waals surface area (Å²) in [4.78, 5) is 8.94. The van der Waals surface area contributed by atoms with Crippen LogP contribution in [0.2, 0.25) is 0 Å². The minimum Gasteiger partial charge on any atom is -0.384 e. The molecule has 3 aromatic heterocycles. The van der Waals surface area contributed by atoms with Crippen molar-refractivity contribution in [1.82, 2.24) is 29.9 Å². The molecule has 9 heteroatoms. The number of allylic oxidation sites excluding steroid dienone is 1. The van der Waals surface area contributed by atoms with Crippen LogP contribution in [0.25, 0.3) is 27.8 Å². The highest BCUT2D eigenvalue weighted by Gasteiger charge is 2.23. The second-order valence-electron chi connectivity index (χ2n) is 7.22. The summed E-state index contributed by atoms with van der Waals surface area (Å²) in [7, 11) is 1.80. The van der Waals surface area contributed by atoms with Crippen LogP contribution in [-0.2, 0) is 0 Å². The molecule has 0 amide bonds. The van der Waals surface area contributed by atoms with Gasteiger partial charge in [0, 0.05) is 42.2 Å². The third kappa shape index (κ3) is 3.18. The Balaban J connectivity index is 1.88. The summed E-state index contributed by atoms with van der Waals surface area (Å²) in [5, 5.41) is 21.4. The molecule has 4 rings (SSSR count). The van der Waals surface area contributed by atoms with E-state index >= 15 is 4.39 Å². The number of anilines is 1. The number of nitrogens with zero attached hydrogens (tertiary/aromatic N) is 4. The minimum absolute atomic E-state index is 0.314. The molecule has 1 atom stereocenters. The van der Waals surface area contributed by atoms with Crippen LogP contribution in [0.5, 0.6) is 0 Å². The zero-order valence-corrected chi connectivity index (χ0v) is 17.2. The summed E-state index contributed by atoms with van der Waals surface area (Å²) in [6.45, 7) is 5.44. The Kier molecular flexibility index (Phi) is 4.94. The summed E-state index contributed by atoms with van der Waals surface area (Å²) in [5.74, 6) is 0.417. The normalized spacial score (nSPS) is 13.0. The molecule has 0 spiro atoms. The highest BCUT2D eigenvalue weighted by atomic mass is 19.1. The zero-order valence-electron chi connectivity index (χ0n) is 17.2. The predicted octanol–water partition coefficient (Wildman–Crippen LogP) is 3.97. The van der Waals surface area contributed by atoms with Crippen LogP contribution in [0.3, 0.4) is 0 Å². The van der Waals surface area contributed by atoms with Gasteiger partial charge in [0.1, 0.15) is 11.6 Å².